The smallest absolute Gasteiger partial charge is 0.105 e. The van der Waals surface area contributed by atoms with Crippen molar-refractivity contribution in [2.24, 2.45) is 5.73 Å². The largest absolute Gasteiger partial charge is 0.321 e. The quantitative estimate of drug-likeness (QED) is 0.511. The van der Waals surface area contributed by atoms with Gasteiger partial charge in [-0.2, -0.15) is 11.1 Å². The Bertz CT molecular complexity index is 521. The molecular weight excluding hydrogens is 214 g/mol. The summed E-state index contributed by atoms with van der Waals surface area (Å²) in [6, 6.07) is 14.4. The van der Waals surface area contributed by atoms with E-state index in [1.54, 1.807) is 0 Å². The van der Waals surface area contributed by atoms with Crippen LogP contribution in [0.3, 0.4) is 0 Å². The van der Waals surface area contributed by atoms with Crippen LogP contribution < -0.4 is 27.7 Å². The number of rotatable bonds is 2. The van der Waals surface area contributed by atoms with Crippen molar-refractivity contribution in [1.29, 1.82) is 0 Å². The van der Waals surface area contributed by atoms with E-state index in [4.69, 9.17) is 5.73 Å². The first kappa shape index (κ1) is 10.6. The Morgan fingerprint density at radius 3 is 2.41 bits per heavy atom. The molecule has 6 N–H and O–H groups in total. The van der Waals surface area contributed by atoms with Crippen molar-refractivity contribution in [2.45, 2.75) is 12.2 Å². The van der Waals surface area contributed by atoms with Crippen molar-refractivity contribution in [3.63, 3.8) is 0 Å². The molecule has 1 saturated heterocycles. The maximum atomic E-state index is 6.19. The second-order valence-corrected chi connectivity index (χ2v) is 4.15. The summed E-state index contributed by atoms with van der Waals surface area (Å²) >= 11 is 0. The Labute approximate surface area is 99.3 Å². The minimum atomic E-state index is -0.123. The monoisotopic (exact) mass is 229 g/mol. The number of hydrazine groups is 3. The van der Waals surface area contributed by atoms with E-state index in [-0.39, 0.29) is 12.2 Å². The molecule has 5 heteroatoms. The van der Waals surface area contributed by atoms with E-state index in [2.05, 4.69) is 52.3 Å². The lowest BCUT2D eigenvalue weighted by molar-refractivity contribution is 0.440. The zero-order chi connectivity index (χ0) is 11.7. The van der Waals surface area contributed by atoms with Crippen LogP contribution in [0.2, 0.25) is 0 Å². The van der Waals surface area contributed by atoms with Gasteiger partial charge in [-0.1, -0.05) is 36.4 Å². The van der Waals surface area contributed by atoms with Crippen LogP contribution in [0.25, 0.3) is 10.8 Å². The molecule has 2 aromatic rings. The lowest BCUT2D eigenvalue weighted by atomic mass is 10.0. The molecule has 1 aliphatic rings. The molecule has 0 radical (unpaired) electrons. The minimum absolute atomic E-state index is 0.0313. The Kier molecular flexibility index (Phi) is 2.76. The van der Waals surface area contributed by atoms with Crippen LogP contribution in [0.4, 0.5) is 0 Å². The van der Waals surface area contributed by atoms with Gasteiger partial charge in [0, 0.05) is 0 Å². The summed E-state index contributed by atoms with van der Waals surface area (Å²) in [4.78, 5) is 0. The SMILES string of the molecule is NC(c1ccc2ccccc2c1)C1NNNN1. The topological polar surface area (TPSA) is 74.1 Å². The van der Waals surface area contributed by atoms with Crippen LogP contribution in [0.1, 0.15) is 11.6 Å². The zero-order valence-electron chi connectivity index (χ0n) is 9.27. The average molecular weight is 229 g/mol. The molecule has 17 heavy (non-hydrogen) atoms. The van der Waals surface area contributed by atoms with E-state index in [0.29, 0.717) is 0 Å². The van der Waals surface area contributed by atoms with E-state index >= 15 is 0 Å². The van der Waals surface area contributed by atoms with Crippen molar-refractivity contribution < 1.29 is 0 Å². The summed E-state index contributed by atoms with van der Waals surface area (Å²) in [6.45, 7) is 0. The molecule has 1 unspecified atom stereocenters. The van der Waals surface area contributed by atoms with Gasteiger partial charge >= 0.3 is 0 Å². The van der Waals surface area contributed by atoms with Gasteiger partial charge in [-0.05, 0) is 22.4 Å². The highest BCUT2D eigenvalue weighted by Crippen LogP contribution is 2.20. The molecule has 0 aromatic heterocycles. The van der Waals surface area contributed by atoms with Gasteiger partial charge in [0.25, 0.3) is 0 Å². The van der Waals surface area contributed by atoms with E-state index in [9.17, 15) is 0 Å². The number of benzene rings is 2. The molecule has 5 nitrogen and oxygen atoms in total. The maximum Gasteiger partial charge on any atom is 0.105 e. The van der Waals surface area contributed by atoms with Crippen LogP contribution >= 0.6 is 0 Å². The number of nitrogens with one attached hydrogen (secondary N) is 4. The lowest BCUT2D eigenvalue weighted by Crippen LogP contribution is -2.43. The fourth-order valence-corrected chi connectivity index (χ4v) is 2.05. The third kappa shape index (κ3) is 2.02. The van der Waals surface area contributed by atoms with Crippen LogP contribution in [0.15, 0.2) is 42.5 Å². The Morgan fingerprint density at radius 1 is 0.941 bits per heavy atom. The summed E-state index contributed by atoms with van der Waals surface area (Å²) in [5.41, 5.74) is 18.8. The first-order valence-electron chi connectivity index (χ1n) is 5.60. The first-order valence-corrected chi connectivity index (χ1v) is 5.60. The molecule has 0 saturated carbocycles. The van der Waals surface area contributed by atoms with Gasteiger partial charge < -0.3 is 5.73 Å². The van der Waals surface area contributed by atoms with Gasteiger partial charge in [0.15, 0.2) is 0 Å². The molecule has 1 heterocycles. The molecule has 1 atom stereocenters. The molecule has 0 bridgehead atoms. The van der Waals surface area contributed by atoms with Crippen molar-refractivity contribution >= 4 is 10.8 Å². The van der Waals surface area contributed by atoms with E-state index in [1.807, 2.05) is 12.1 Å². The van der Waals surface area contributed by atoms with Crippen LogP contribution in [-0.4, -0.2) is 6.17 Å². The molecular formula is C12H15N5. The van der Waals surface area contributed by atoms with Crippen molar-refractivity contribution in [3.8, 4) is 0 Å². The van der Waals surface area contributed by atoms with Crippen LogP contribution in [0, 0.1) is 0 Å². The van der Waals surface area contributed by atoms with Crippen LogP contribution in [-0.2, 0) is 0 Å². The second-order valence-electron chi connectivity index (χ2n) is 4.15. The van der Waals surface area contributed by atoms with Crippen molar-refractivity contribution in [1.82, 2.24) is 21.9 Å². The Balaban J connectivity index is 1.94. The number of fused-ring (bicyclic) bond motifs is 1. The molecule has 0 spiro atoms. The third-order valence-electron chi connectivity index (χ3n) is 3.04. The van der Waals surface area contributed by atoms with E-state index in [0.717, 1.165) is 5.56 Å². The molecule has 88 valence electrons. The first-order chi connectivity index (χ1) is 8.34. The highest BCUT2D eigenvalue weighted by atomic mass is 15.8. The molecule has 0 amide bonds. The van der Waals surface area contributed by atoms with Gasteiger partial charge in [-0.15, -0.1) is 0 Å². The number of nitrogens with two attached hydrogens (primary N) is 1. The van der Waals surface area contributed by atoms with Gasteiger partial charge in [-0.25, -0.2) is 10.9 Å². The van der Waals surface area contributed by atoms with Gasteiger partial charge in [0.2, 0.25) is 0 Å². The minimum Gasteiger partial charge on any atom is -0.321 e. The Hall–Kier alpha value is -1.50. The van der Waals surface area contributed by atoms with Gasteiger partial charge in [0.05, 0.1) is 6.04 Å². The standard InChI is InChI=1S/C12H15N5/c13-11(12-14-16-17-15-12)10-6-5-8-3-1-2-4-9(8)7-10/h1-7,11-12,14-17H,13H2. The summed E-state index contributed by atoms with van der Waals surface area (Å²) in [6.07, 6.45) is -0.0313. The van der Waals surface area contributed by atoms with E-state index < -0.39 is 0 Å². The number of hydrogen-bond acceptors (Lipinski definition) is 5. The van der Waals surface area contributed by atoms with Gasteiger partial charge in [0.1, 0.15) is 6.17 Å². The van der Waals surface area contributed by atoms with Crippen molar-refractivity contribution in [2.75, 3.05) is 0 Å². The summed E-state index contributed by atoms with van der Waals surface area (Å²) in [5, 5.41) is 2.44. The summed E-state index contributed by atoms with van der Waals surface area (Å²) in [7, 11) is 0. The average Bonchev–Trinajstić information content (AvgIpc) is 2.91. The molecule has 1 fully saturated rings. The third-order valence-corrected chi connectivity index (χ3v) is 3.04. The predicted octanol–water partition coefficient (Wildman–Crippen LogP) is 0.283. The lowest BCUT2D eigenvalue weighted by Gasteiger charge is -2.18. The van der Waals surface area contributed by atoms with E-state index in [1.165, 1.54) is 10.8 Å². The fourth-order valence-electron chi connectivity index (χ4n) is 2.05. The summed E-state index contributed by atoms with van der Waals surface area (Å²) in [5.74, 6) is 0. The van der Waals surface area contributed by atoms with Gasteiger partial charge in [-0.3, -0.25) is 0 Å². The molecule has 3 rings (SSSR count). The predicted molar refractivity (Wildman–Crippen MR) is 67.2 cm³/mol. The summed E-state index contributed by atoms with van der Waals surface area (Å²) < 4.78 is 0. The second kappa shape index (κ2) is 4.40. The van der Waals surface area contributed by atoms with Crippen LogP contribution in [0.5, 0.6) is 0 Å². The Morgan fingerprint density at radius 2 is 1.65 bits per heavy atom. The zero-order valence-corrected chi connectivity index (χ0v) is 9.27. The highest BCUT2D eigenvalue weighted by Gasteiger charge is 2.21. The molecule has 1 aliphatic heterocycles. The highest BCUT2D eigenvalue weighted by molar-refractivity contribution is 5.83. The number of hydrogen-bond donors (Lipinski definition) is 5. The molecule has 2 aromatic carbocycles. The normalized spacial score (nSPS) is 18.6. The molecule has 0 aliphatic carbocycles. The maximum absolute atomic E-state index is 6.19. The van der Waals surface area contributed by atoms with Crippen molar-refractivity contribution in [3.05, 3.63) is 48.0 Å². The fraction of sp³-hybridized carbons (Fsp3) is 0.167.